The average molecular weight is 374 g/mol. The molecule has 1 N–H and O–H groups in total. The molecule has 0 fully saturated rings. The number of carboxylic acid groups (broad SMARTS) is 1. The molecule has 126 valence electrons. The van der Waals surface area contributed by atoms with Crippen molar-refractivity contribution < 1.29 is 14.3 Å². The molecule has 0 aliphatic carbocycles. The molecule has 2 aromatic carbocycles. The molecule has 0 saturated heterocycles. The number of aromatic nitrogens is 1. The summed E-state index contributed by atoms with van der Waals surface area (Å²) in [6.45, 7) is 1.73. The van der Waals surface area contributed by atoms with Gasteiger partial charge in [0.2, 0.25) is 0 Å². The fraction of sp³-hybridized carbons (Fsp3) is 0.105. The van der Waals surface area contributed by atoms with Crippen molar-refractivity contribution in [1.82, 2.24) is 4.57 Å². The minimum Gasteiger partial charge on any atom is -0.480 e. The molecule has 6 heteroatoms. The fourth-order valence-electron chi connectivity index (χ4n) is 3.32. The normalized spacial score (nSPS) is 11.5. The molecule has 4 rings (SSSR count). The molecule has 25 heavy (non-hydrogen) atoms. The number of carbonyl (C=O) groups is 1. The van der Waals surface area contributed by atoms with Crippen molar-refractivity contribution in [3.05, 3.63) is 58.3 Å². The van der Waals surface area contributed by atoms with Gasteiger partial charge in [-0.1, -0.05) is 17.7 Å². The van der Waals surface area contributed by atoms with Gasteiger partial charge in [0.1, 0.15) is 12.4 Å². The summed E-state index contributed by atoms with van der Waals surface area (Å²) in [5, 5.41) is 13.5. The van der Waals surface area contributed by atoms with E-state index in [1.165, 1.54) is 12.1 Å². The van der Waals surface area contributed by atoms with Crippen molar-refractivity contribution in [3.63, 3.8) is 0 Å². The van der Waals surface area contributed by atoms with Gasteiger partial charge < -0.3 is 9.67 Å². The maximum absolute atomic E-state index is 13.8. The molecule has 0 saturated carbocycles. The van der Waals surface area contributed by atoms with E-state index in [0.717, 1.165) is 37.8 Å². The standard InChI is InChI=1S/C19H13ClFNO2S/c1-10-19(15-9-25-17-5-3-12(21)7-14(15)17)13-4-2-11(20)6-16(13)22(10)8-18(23)24/h2-7,9H,8H2,1H3,(H,23,24). The Kier molecular flexibility index (Phi) is 3.78. The average Bonchev–Trinajstić information content (AvgIpc) is 3.07. The van der Waals surface area contributed by atoms with Gasteiger partial charge in [-0.15, -0.1) is 11.3 Å². The van der Waals surface area contributed by atoms with E-state index in [1.54, 1.807) is 34.1 Å². The van der Waals surface area contributed by atoms with Crippen LogP contribution in [0.15, 0.2) is 41.8 Å². The summed E-state index contributed by atoms with van der Waals surface area (Å²) in [4.78, 5) is 11.3. The Morgan fingerprint density at radius 2 is 2.04 bits per heavy atom. The van der Waals surface area contributed by atoms with Crippen LogP contribution in [0.3, 0.4) is 0 Å². The van der Waals surface area contributed by atoms with Gasteiger partial charge in [0, 0.05) is 37.3 Å². The second kappa shape index (κ2) is 5.86. The number of hydrogen-bond donors (Lipinski definition) is 1. The van der Waals surface area contributed by atoms with Crippen LogP contribution in [-0.2, 0) is 11.3 Å². The highest BCUT2D eigenvalue weighted by atomic mass is 35.5. The summed E-state index contributed by atoms with van der Waals surface area (Å²) in [7, 11) is 0. The predicted octanol–water partition coefficient (Wildman–Crippen LogP) is 5.71. The van der Waals surface area contributed by atoms with Crippen molar-refractivity contribution in [3.8, 4) is 11.1 Å². The van der Waals surface area contributed by atoms with E-state index in [9.17, 15) is 14.3 Å². The van der Waals surface area contributed by atoms with Crippen LogP contribution in [0.2, 0.25) is 5.02 Å². The number of hydrogen-bond acceptors (Lipinski definition) is 2. The molecular weight excluding hydrogens is 361 g/mol. The molecular formula is C19H13ClFNO2S. The van der Waals surface area contributed by atoms with Crippen LogP contribution in [0.4, 0.5) is 4.39 Å². The molecule has 0 unspecified atom stereocenters. The molecule has 0 bridgehead atoms. The van der Waals surface area contributed by atoms with Crippen LogP contribution >= 0.6 is 22.9 Å². The van der Waals surface area contributed by atoms with Crippen LogP contribution in [0, 0.1) is 12.7 Å². The Labute approximate surface area is 151 Å². The molecule has 0 aliphatic rings. The second-order valence-corrected chi connectivity index (χ2v) is 7.24. The first-order chi connectivity index (χ1) is 12.0. The lowest BCUT2D eigenvalue weighted by Crippen LogP contribution is -2.09. The van der Waals surface area contributed by atoms with E-state index in [-0.39, 0.29) is 12.4 Å². The number of nitrogens with zero attached hydrogens (tertiary/aromatic N) is 1. The van der Waals surface area contributed by atoms with E-state index in [0.29, 0.717) is 5.02 Å². The molecule has 3 nitrogen and oxygen atoms in total. The van der Waals surface area contributed by atoms with Gasteiger partial charge in [0.05, 0.1) is 5.52 Å². The summed E-state index contributed by atoms with van der Waals surface area (Å²) < 4.78 is 16.5. The van der Waals surface area contributed by atoms with E-state index in [4.69, 9.17) is 11.6 Å². The number of halogens is 2. The minimum absolute atomic E-state index is 0.154. The lowest BCUT2D eigenvalue weighted by atomic mass is 10.0. The zero-order chi connectivity index (χ0) is 17.7. The van der Waals surface area contributed by atoms with Gasteiger partial charge in [0.15, 0.2) is 0 Å². The Hall–Kier alpha value is -2.37. The Morgan fingerprint density at radius 1 is 1.24 bits per heavy atom. The van der Waals surface area contributed by atoms with Crippen molar-refractivity contribution >= 4 is 49.9 Å². The third-order valence-electron chi connectivity index (χ3n) is 4.38. The molecule has 2 aromatic heterocycles. The van der Waals surface area contributed by atoms with Gasteiger partial charge >= 0.3 is 5.97 Å². The number of carboxylic acids is 1. The van der Waals surface area contributed by atoms with Gasteiger partial charge in [-0.2, -0.15) is 0 Å². The summed E-state index contributed by atoms with van der Waals surface area (Å²) >= 11 is 7.66. The van der Waals surface area contributed by atoms with E-state index in [1.807, 2.05) is 18.4 Å². The Morgan fingerprint density at radius 3 is 2.80 bits per heavy atom. The molecule has 4 aromatic rings. The van der Waals surface area contributed by atoms with Crippen LogP contribution in [0.1, 0.15) is 5.69 Å². The first-order valence-electron chi connectivity index (χ1n) is 7.63. The molecule has 0 spiro atoms. The highest BCUT2D eigenvalue weighted by Gasteiger charge is 2.20. The monoisotopic (exact) mass is 373 g/mol. The number of benzene rings is 2. The highest BCUT2D eigenvalue weighted by molar-refractivity contribution is 7.17. The maximum Gasteiger partial charge on any atom is 0.323 e. The van der Waals surface area contributed by atoms with Gasteiger partial charge in [-0.3, -0.25) is 4.79 Å². The first-order valence-corrected chi connectivity index (χ1v) is 8.88. The Bertz CT molecular complexity index is 1150. The van der Waals surface area contributed by atoms with Crippen molar-refractivity contribution in [1.29, 1.82) is 0 Å². The quantitative estimate of drug-likeness (QED) is 0.500. The van der Waals surface area contributed by atoms with Crippen molar-refractivity contribution in [2.24, 2.45) is 0 Å². The molecule has 0 atom stereocenters. The molecule has 0 radical (unpaired) electrons. The van der Waals surface area contributed by atoms with E-state index < -0.39 is 5.97 Å². The smallest absolute Gasteiger partial charge is 0.323 e. The first kappa shape index (κ1) is 16.1. The SMILES string of the molecule is Cc1c(-c2csc3ccc(F)cc23)c2ccc(Cl)cc2n1CC(=O)O. The number of rotatable bonds is 3. The van der Waals surface area contributed by atoms with Crippen LogP contribution in [0.25, 0.3) is 32.1 Å². The van der Waals surface area contributed by atoms with Crippen LogP contribution < -0.4 is 0 Å². The van der Waals surface area contributed by atoms with Gasteiger partial charge in [-0.05, 0) is 42.6 Å². The van der Waals surface area contributed by atoms with E-state index >= 15 is 0 Å². The van der Waals surface area contributed by atoms with Crippen LogP contribution in [-0.4, -0.2) is 15.6 Å². The van der Waals surface area contributed by atoms with Crippen molar-refractivity contribution in [2.45, 2.75) is 13.5 Å². The summed E-state index contributed by atoms with van der Waals surface area (Å²) in [5.41, 5.74) is 3.42. The Balaban J connectivity index is 2.08. The summed E-state index contributed by atoms with van der Waals surface area (Å²) in [6, 6.07) is 10.2. The second-order valence-electron chi connectivity index (χ2n) is 5.89. The topological polar surface area (TPSA) is 42.2 Å². The molecule has 0 aliphatic heterocycles. The fourth-order valence-corrected chi connectivity index (χ4v) is 4.42. The zero-order valence-corrected chi connectivity index (χ0v) is 14.8. The largest absolute Gasteiger partial charge is 0.480 e. The maximum atomic E-state index is 13.8. The number of fused-ring (bicyclic) bond motifs is 2. The van der Waals surface area contributed by atoms with Crippen molar-refractivity contribution in [2.75, 3.05) is 0 Å². The van der Waals surface area contributed by atoms with Gasteiger partial charge in [0.25, 0.3) is 0 Å². The third kappa shape index (κ3) is 2.60. The lowest BCUT2D eigenvalue weighted by molar-refractivity contribution is -0.137. The number of aliphatic carboxylic acids is 1. The minimum atomic E-state index is -0.923. The summed E-state index contributed by atoms with van der Waals surface area (Å²) in [5.74, 6) is -1.21. The lowest BCUT2D eigenvalue weighted by Gasteiger charge is -2.05. The third-order valence-corrected chi connectivity index (χ3v) is 5.58. The summed E-state index contributed by atoms with van der Waals surface area (Å²) in [6.07, 6.45) is 0. The molecule has 2 heterocycles. The zero-order valence-electron chi connectivity index (χ0n) is 13.2. The van der Waals surface area contributed by atoms with Crippen LogP contribution in [0.5, 0.6) is 0 Å². The van der Waals surface area contributed by atoms with E-state index in [2.05, 4.69) is 0 Å². The predicted molar refractivity (Wildman–Crippen MR) is 100 cm³/mol. The molecule has 0 amide bonds. The van der Waals surface area contributed by atoms with Gasteiger partial charge in [-0.25, -0.2) is 4.39 Å². The number of thiophene rings is 1. The highest BCUT2D eigenvalue weighted by Crippen LogP contribution is 2.41.